The Morgan fingerprint density at radius 1 is 1.35 bits per heavy atom. The summed E-state index contributed by atoms with van der Waals surface area (Å²) >= 11 is 1.58. The lowest BCUT2D eigenvalue weighted by Gasteiger charge is -2.38. The van der Waals surface area contributed by atoms with Gasteiger partial charge in [0.15, 0.2) is 0 Å². The molecule has 1 aliphatic heterocycles. The molecule has 0 saturated carbocycles. The molecule has 2 N–H and O–H groups in total. The van der Waals surface area contributed by atoms with Crippen molar-refractivity contribution in [2.45, 2.75) is 45.7 Å². The number of aromatic nitrogens is 1. The van der Waals surface area contributed by atoms with Gasteiger partial charge < -0.3 is 24.8 Å². The fraction of sp³-hybridized carbons (Fsp3) is 0.500. The van der Waals surface area contributed by atoms with Crippen LogP contribution >= 0.6 is 11.3 Å². The molecule has 0 spiro atoms. The molecule has 3 atom stereocenters. The van der Waals surface area contributed by atoms with Crippen molar-refractivity contribution < 1.29 is 29.0 Å². The third kappa shape index (κ3) is 5.49. The van der Waals surface area contributed by atoms with Crippen LogP contribution in [0.1, 0.15) is 34.1 Å². The van der Waals surface area contributed by atoms with Crippen molar-refractivity contribution in [3.05, 3.63) is 35.8 Å². The van der Waals surface area contributed by atoms with Crippen molar-refractivity contribution in [3.8, 4) is 16.3 Å². The van der Waals surface area contributed by atoms with Crippen LogP contribution in [0, 0.1) is 11.3 Å². The molecule has 0 bridgehead atoms. The van der Waals surface area contributed by atoms with Crippen LogP contribution in [0.3, 0.4) is 0 Å². The van der Waals surface area contributed by atoms with Crippen molar-refractivity contribution in [2.24, 2.45) is 11.3 Å². The number of nitrogens with zero attached hydrogens (tertiary/aromatic N) is 2. The van der Waals surface area contributed by atoms with E-state index in [0.717, 1.165) is 10.6 Å². The maximum Gasteiger partial charge on any atom is 0.407 e. The van der Waals surface area contributed by atoms with E-state index in [9.17, 15) is 19.5 Å². The van der Waals surface area contributed by atoms with Crippen LogP contribution in [0.2, 0.25) is 0 Å². The number of ether oxygens (including phenoxy) is 2. The molecule has 10 heteroatoms. The number of pyridine rings is 1. The van der Waals surface area contributed by atoms with E-state index in [-0.39, 0.29) is 25.5 Å². The molecule has 1 aliphatic rings. The molecule has 2 aromatic heterocycles. The fourth-order valence-electron chi connectivity index (χ4n) is 4.10. The number of rotatable bonds is 7. The highest BCUT2D eigenvalue weighted by Crippen LogP contribution is 2.36. The normalized spacial score (nSPS) is 21.1. The molecule has 0 radical (unpaired) electrons. The van der Waals surface area contributed by atoms with Gasteiger partial charge in [-0.1, -0.05) is 26.8 Å². The summed E-state index contributed by atoms with van der Waals surface area (Å²) in [4.78, 5) is 44.3. The van der Waals surface area contributed by atoms with Gasteiger partial charge in [-0.05, 0) is 36.3 Å². The van der Waals surface area contributed by atoms with Crippen LogP contribution in [0.5, 0.6) is 5.75 Å². The fourth-order valence-corrected chi connectivity index (χ4v) is 4.79. The molecule has 34 heavy (non-hydrogen) atoms. The first-order valence-electron chi connectivity index (χ1n) is 11.0. The largest absolute Gasteiger partial charge is 0.493 e. The summed E-state index contributed by atoms with van der Waals surface area (Å²) in [6, 6.07) is 6.57. The maximum absolute atomic E-state index is 13.5. The number of carbonyl (C=O) groups excluding carboxylic acids is 2. The quantitative estimate of drug-likeness (QED) is 0.609. The Bertz CT molecular complexity index is 1040. The van der Waals surface area contributed by atoms with Gasteiger partial charge in [-0.3, -0.25) is 9.78 Å². The van der Waals surface area contributed by atoms with Crippen LogP contribution in [-0.2, 0) is 14.3 Å². The van der Waals surface area contributed by atoms with E-state index >= 15 is 0 Å². The number of carboxylic acids is 1. The molecule has 9 nitrogen and oxygen atoms in total. The average molecular weight is 490 g/mol. The first kappa shape index (κ1) is 25.5. The second kappa shape index (κ2) is 10.0. The predicted molar refractivity (Wildman–Crippen MR) is 128 cm³/mol. The SMILES string of the molecule is COC(=O)N[C@H](C(=O)N1C[C@H](COc2ccnc(-c3cccs3)c2)CC1(C)C(=O)O)C(C)(C)C. The topological polar surface area (TPSA) is 118 Å². The molecule has 3 rings (SSSR count). The molecule has 1 saturated heterocycles. The highest BCUT2D eigenvalue weighted by atomic mass is 32.1. The highest BCUT2D eigenvalue weighted by molar-refractivity contribution is 7.13. The minimum Gasteiger partial charge on any atom is -0.493 e. The van der Waals surface area contributed by atoms with E-state index in [2.05, 4.69) is 15.0 Å². The second-order valence-corrected chi connectivity index (χ2v) is 10.6. The van der Waals surface area contributed by atoms with E-state index in [1.54, 1.807) is 44.4 Å². The van der Waals surface area contributed by atoms with Crippen LogP contribution in [0.25, 0.3) is 10.6 Å². The molecule has 184 valence electrons. The number of aliphatic carboxylic acids is 1. The van der Waals surface area contributed by atoms with Gasteiger partial charge in [0, 0.05) is 24.7 Å². The molecule has 3 heterocycles. The maximum atomic E-state index is 13.5. The first-order valence-corrected chi connectivity index (χ1v) is 11.9. The summed E-state index contributed by atoms with van der Waals surface area (Å²) in [5.41, 5.74) is -1.28. The summed E-state index contributed by atoms with van der Waals surface area (Å²) in [6.07, 6.45) is 1.15. The highest BCUT2D eigenvalue weighted by Gasteiger charge is 2.52. The van der Waals surface area contributed by atoms with E-state index < -0.39 is 35.0 Å². The number of methoxy groups -OCH3 is 1. The number of carbonyl (C=O) groups is 3. The molecule has 1 unspecified atom stereocenters. The van der Waals surface area contributed by atoms with Crippen LogP contribution < -0.4 is 10.1 Å². The van der Waals surface area contributed by atoms with Gasteiger partial charge >= 0.3 is 12.1 Å². The van der Waals surface area contributed by atoms with Gasteiger partial charge in [0.2, 0.25) is 5.91 Å². The summed E-state index contributed by atoms with van der Waals surface area (Å²) < 4.78 is 10.7. The van der Waals surface area contributed by atoms with Gasteiger partial charge in [0.1, 0.15) is 17.3 Å². The van der Waals surface area contributed by atoms with Crippen molar-refractivity contribution in [1.29, 1.82) is 0 Å². The van der Waals surface area contributed by atoms with Crippen molar-refractivity contribution in [1.82, 2.24) is 15.2 Å². The van der Waals surface area contributed by atoms with Crippen molar-refractivity contribution in [2.75, 3.05) is 20.3 Å². The van der Waals surface area contributed by atoms with E-state index in [0.29, 0.717) is 5.75 Å². The third-order valence-corrected chi connectivity index (χ3v) is 6.89. The second-order valence-electron chi connectivity index (χ2n) is 9.70. The van der Waals surface area contributed by atoms with Crippen LogP contribution in [0.4, 0.5) is 4.79 Å². The molecule has 0 aliphatic carbocycles. The zero-order chi connectivity index (χ0) is 25.1. The van der Waals surface area contributed by atoms with Crippen molar-refractivity contribution >= 4 is 29.3 Å². The smallest absolute Gasteiger partial charge is 0.407 e. The van der Waals surface area contributed by atoms with Crippen molar-refractivity contribution in [3.63, 3.8) is 0 Å². The zero-order valence-electron chi connectivity index (χ0n) is 20.0. The number of alkyl carbamates (subject to hydrolysis) is 1. The number of likely N-dealkylation sites (tertiary alicyclic amines) is 1. The number of nitrogens with one attached hydrogen (secondary N) is 1. The zero-order valence-corrected chi connectivity index (χ0v) is 20.8. The summed E-state index contributed by atoms with van der Waals surface area (Å²) in [6.45, 7) is 7.37. The standard InChI is InChI=1S/C24H31N3O6S/c1-23(2,3)19(26-22(31)32-5)20(28)27-13-15(12-24(27,4)21(29)30)14-33-16-8-9-25-17(11-16)18-7-6-10-34-18/h6-11,15,19H,12-14H2,1-5H3,(H,26,31)(H,29,30)/t15-,19-,24?/m1/s1. The monoisotopic (exact) mass is 489 g/mol. The molecule has 0 aromatic carbocycles. The lowest BCUT2D eigenvalue weighted by molar-refractivity contribution is -0.157. The van der Waals surface area contributed by atoms with Gasteiger partial charge in [-0.2, -0.15) is 0 Å². The minimum absolute atomic E-state index is 0.194. The Kier molecular flexibility index (Phi) is 7.50. The summed E-state index contributed by atoms with van der Waals surface area (Å²) in [5.74, 6) is -1.14. The lowest BCUT2D eigenvalue weighted by atomic mass is 9.85. The molecular formula is C24H31N3O6S. The Morgan fingerprint density at radius 3 is 2.68 bits per heavy atom. The Hall–Kier alpha value is -3.14. The van der Waals surface area contributed by atoms with Gasteiger partial charge in [-0.15, -0.1) is 11.3 Å². The summed E-state index contributed by atoms with van der Waals surface area (Å²) in [5, 5.41) is 14.5. The van der Waals surface area contributed by atoms with Crippen LogP contribution in [-0.4, -0.2) is 64.8 Å². The third-order valence-electron chi connectivity index (χ3n) is 6.00. The number of amides is 2. The number of carboxylic acid groups (broad SMARTS) is 1. The van der Waals surface area contributed by atoms with E-state index in [4.69, 9.17) is 4.74 Å². The Balaban J connectivity index is 1.76. The number of hydrogen-bond acceptors (Lipinski definition) is 7. The molecule has 2 aromatic rings. The van der Waals surface area contributed by atoms with Gasteiger partial charge in [0.05, 0.1) is 24.3 Å². The Labute approximate surface area is 203 Å². The number of hydrogen-bond donors (Lipinski definition) is 2. The number of thiophene rings is 1. The Morgan fingerprint density at radius 2 is 2.09 bits per heavy atom. The molecule has 2 amide bonds. The summed E-state index contributed by atoms with van der Waals surface area (Å²) in [7, 11) is 1.22. The average Bonchev–Trinajstić information content (AvgIpc) is 3.43. The lowest BCUT2D eigenvalue weighted by Crippen LogP contribution is -2.60. The van der Waals surface area contributed by atoms with E-state index in [1.165, 1.54) is 18.9 Å². The first-order chi connectivity index (χ1) is 16.0. The van der Waals surface area contributed by atoms with Gasteiger partial charge in [0.25, 0.3) is 0 Å². The predicted octanol–water partition coefficient (Wildman–Crippen LogP) is 3.65. The minimum atomic E-state index is -1.42. The molecule has 1 fully saturated rings. The van der Waals surface area contributed by atoms with E-state index in [1.807, 2.05) is 23.6 Å². The van der Waals surface area contributed by atoms with Gasteiger partial charge in [-0.25, -0.2) is 9.59 Å². The van der Waals surface area contributed by atoms with Crippen LogP contribution in [0.15, 0.2) is 35.8 Å². The molecular weight excluding hydrogens is 458 g/mol.